The maximum Gasteiger partial charge on any atom is 0.248 e. The number of alkyl halides is 2. The molecule has 0 aromatic carbocycles. The Morgan fingerprint density at radius 3 is 1.86 bits per heavy atom. The SMILES string of the molecule is [CH2]C1CC(F)(F)C1. The minimum atomic E-state index is -2.37. The molecule has 1 fully saturated rings. The number of hydrogen-bond donors (Lipinski definition) is 0. The zero-order chi connectivity index (χ0) is 5.49. The summed E-state index contributed by atoms with van der Waals surface area (Å²) in [6.45, 7) is 3.46. The van der Waals surface area contributed by atoms with Crippen LogP contribution in [0.2, 0.25) is 0 Å². The molecule has 0 unspecified atom stereocenters. The Morgan fingerprint density at radius 2 is 1.86 bits per heavy atom. The van der Waals surface area contributed by atoms with E-state index in [2.05, 4.69) is 6.92 Å². The first-order chi connectivity index (χ1) is 3.10. The molecule has 1 aliphatic rings. The zero-order valence-electron chi connectivity index (χ0n) is 3.95. The predicted molar refractivity (Wildman–Crippen MR) is 23.0 cm³/mol. The van der Waals surface area contributed by atoms with Crippen LogP contribution in [-0.4, -0.2) is 5.92 Å². The Labute approximate surface area is 41.5 Å². The third-order valence-corrected chi connectivity index (χ3v) is 1.17. The average Bonchev–Trinajstić information content (AvgIpc) is 1.27. The Balaban J connectivity index is 2.29. The Kier molecular flexibility index (Phi) is 0.839. The molecule has 1 rings (SSSR count). The van der Waals surface area contributed by atoms with Gasteiger partial charge in [0.2, 0.25) is 5.92 Å². The second-order valence-corrected chi connectivity index (χ2v) is 2.13. The normalized spacial score (nSPS) is 29.6. The minimum absolute atomic E-state index is 0.00694. The van der Waals surface area contributed by atoms with Gasteiger partial charge in [-0.25, -0.2) is 8.78 Å². The van der Waals surface area contributed by atoms with Crippen molar-refractivity contribution in [1.29, 1.82) is 0 Å². The molecule has 0 saturated heterocycles. The van der Waals surface area contributed by atoms with Crippen LogP contribution in [0, 0.1) is 12.8 Å². The fourth-order valence-corrected chi connectivity index (χ4v) is 0.785. The average molecular weight is 105 g/mol. The molecule has 2 heteroatoms. The molecule has 7 heavy (non-hydrogen) atoms. The van der Waals surface area contributed by atoms with Crippen LogP contribution in [0.3, 0.4) is 0 Å². The second-order valence-electron chi connectivity index (χ2n) is 2.13. The van der Waals surface area contributed by atoms with Gasteiger partial charge in [-0.05, 0) is 12.8 Å². The Bertz CT molecular complexity index is 70.1. The minimum Gasteiger partial charge on any atom is -0.207 e. The van der Waals surface area contributed by atoms with Crippen molar-refractivity contribution < 1.29 is 8.78 Å². The molecule has 1 saturated carbocycles. The van der Waals surface area contributed by atoms with E-state index in [-0.39, 0.29) is 18.8 Å². The van der Waals surface area contributed by atoms with E-state index < -0.39 is 5.92 Å². The van der Waals surface area contributed by atoms with Gasteiger partial charge in [-0.3, -0.25) is 0 Å². The van der Waals surface area contributed by atoms with Crippen LogP contribution >= 0.6 is 0 Å². The van der Waals surface area contributed by atoms with Gasteiger partial charge in [-0.15, -0.1) is 0 Å². The highest BCUT2D eigenvalue weighted by Gasteiger charge is 2.42. The molecule has 0 atom stereocenters. The van der Waals surface area contributed by atoms with Gasteiger partial charge in [-0.2, -0.15) is 0 Å². The molecule has 41 valence electrons. The molecular weight excluding hydrogens is 98.1 g/mol. The lowest BCUT2D eigenvalue weighted by Gasteiger charge is -2.31. The molecule has 0 aromatic heterocycles. The molecule has 0 aliphatic heterocycles. The van der Waals surface area contributed by atoms with Gasteiger partial charge in [0, 0.05) is 12.8 Å². The molecular formula is C5H7F2. The van der Waals surface area contributed by atoms with Crippen LogP contribution in [0.25, 0.3) is 0 Å². The molecule has 1 radical (unpaired) electrons. The standard InChI is InChI=1S/C5H7F2/c1-4-2-5(6,7)3-4/h4H,1-3H2. The topological polar surface area (TPSA) is 0 Å². The monoisotopic (exact) mass is 105 g/mol. The van der Waals surface area contributed by atoms with Crippen molar-refractivity contribution in [2.75, 3.05) is 0 Å². The smallest absolute Gasteiger partial charge is 0.207 e. The van der Waals surface area contributed by atoms with E-state index in [4.69, 9.17) is 0 Å². The van der Waals surface area contributed by atoms with Crippen LogP contribution in [0.1, 0.15) is 12.8 Å². The van der Waals surface area contributed by atoms with Crippen molar-refractivity contribution in [3.63, 3.8) is 0 Å². The second kappa shape index (κ2) is 1.17. The van der Waals surface area contributed by atoms with Gasteiger partial charge >= 0.3 is 0 Å². The summed E-state index contributed by atoms with van der Waals surface area (Å²) >= 11 is 0. The lowest BCUT2D eigenvalue weighted by atomic mass is 9.83. The summed E-state index contributed by atoms with van der Waals surface area (Å²) in [7, 11) is 0. The van der Waals surface area contributed by atoms with Crippen molar-refractivity contribution in [3.05, 3.63) is 6.92 Å². The van der Waals surface area contributed by atoms with E-state index in [9.17, 15) is 8.78 Å². The summed E-state index contributed by atoms with van der Waals surface area (Å²) in [6.07, 6.45) is -0.0139. The number of rotatable bonds is 0. The van der Waals surface area contributed by atoms with Crippen LogP contribution < -0.4 is 0 Å². The van der Waals surface area contributed by atoms with Crippen LogP contribution in [0.15, 0.2) is 0 Å². The van der Waals surface area contributed by atoms with E-state index in [0.717, 1.165) is 0 Å². The highest BCUT2D eigenvalue weighted by Crippen LogP contribution is 2.41. The summed E-state index contributed by atoms with van der Waals surface area (Å²) in [5.41, 5.74) is 0. The largest absolute Gasteiger partial charge is 0.248 e. The first-order valence-corrected chi connectivity index (χ1v) is 2.31. The van der Waals surface area contributed by atoms with E-state index >= 15 is 0 Å². The summed E-state index contributed by atoms with van der Waals surface area (Å²) in [6, 6.07) is 0. The summed E-state index contributed by atoms with van der Waals surface area (Å²) in [5, 5.41) is 0. The first kappa shape index (κ1) is 5.01. The molecule has 0 bridgehead atoms. The number of halogens is 2. The highest BCUT2D eigenvalue weighted by atomic mass is 19.3. The summed E-state index contributed by atoms with van der Waals surface area (Å²) < 4.78 is 23.5. The van der Waals surface area contributed by atoms with E-state index in [1.165, 1.54) is 0 Å². The predicted octanol–water partition coefficient (Wildman–Crippen LogP) is 1.87. The van der Waals surface area contributed by atoms with Crippen molar-refractivity contribution in [2.24, 2.45) is 5.92 Å². The van der Waals surface area contributed by atoms with Crippen molar-refractivity contribution in [3.8, 4) is 0 Å². The van der Waals surface area contributed by atoms with E-state index in [1.54, 1.807) is 0 Å². The van der Waals surface area contributed by atoms with Crippen molar-refractivity contribution in [1.82, 2.24) is 0 Å². The summed E-state index contributed by atoms with van der Waals surface area (Å²) in [5.74, 6) is -2.36. The lowest BCUT2D eigenvalue weighted by Crippen LogP contribution is -2.33. The third kappa shape index (κ3) is 0.898. The van der Waals surface area contributed by atoms with Crippen LogP contribution in [-0.2, 0) is 0 Å². The zero-order valence-corrected chi connectivity index (χ0v) is 3.95. The Morgan fingerprint density at radius 1 is 1.43 bits per heavy atom. The quantitative estimate of drug-likeness (QED) is 0.441. The van der Waals surface area contributed by atoms with Crippen LogP contribution in [0.5, 0.6) is 0 Å². The van der Waals surface area contributed by atoms with Gasteiger partial charge < -0.3 is 0 Å². The first-order valence-electron chi connectivity index (χ1n) is 2.31. The van der Waals surface area contributed by atoms with Gasteiger partial charge in [0.1, 0.15) is 0 Å². The molecule has 0 aromatic rings. The highest BCUT2D eigenvalue weighted by molar-refractivity contribution is 4.86. The maximum atomic E-state index is 11.7. The molecule has 0 spiro atoms. The van der Waals surface area contributed by atoms with Gasteiger partial charge in [0.15, 0.2) is 0 Å². The van der Waals surface area contributed by atoms with Crippen molar-refractivity contribution >= 4 is 0 Å². The van der Waals surface area contributed by atoms with Gasteiger partial charge in [0.05, 0.1) is 0 Å². The Hall–Kier alpha value is -0.140. The maximum absolute atomic E-state index is 11.7. The lowest BCUT2D eigenvalue weighted by molar-refractivity contribution is -0.0970. The number of hydrogen-bond acceptors (Lipinski definition) is 0. The molecule has 0 N–H and O–H groups in total. The van der Waals surface area contributed by atoms with Crippen molar-refractivity contribution in [2.45, 2.75) is 18.8 Å². The van der Waals surface area contributed by atoms with Gasteiger partial charge in [-0.1, -0.05) is 0 Å². The molecule has 0 heterocycles. The third-order valence-electron chi connectivity index (χ3n) is 1.17. The summed E-state index contributed by atoms with van der Waals surface area (Å²) in [4.78, 5) is 0. The van der Waals surface area contributed by atoms with E-state index in [0.29, 0.717) is 0 Å². The molecule has 0 amide bonds. The van der Waals surface area contributed by atoms with E-state index in [1.807, 2.05) is 0 Å². The fraction of sp³-hybridized carbons (Fsp3) is 0.800. The van der Waals surface area contributed by atoms with Crippen LogP contribution in [0.4, 0.5) is 8.78 Å². The molecule has 0 nitrogen and oxygen atoms in total. The van der Waals surface area contributed by atoms with Gasteiger partial charge in [0.25, 0.3) is 0 Å². The fourth-order valence-electron chi connectivity index (χ4n) is 0.785. The molecule has 1 aliphatic carbocycles.